The normalized spacial score (nSPS) is 10.6. The number of nitrogens with zero attached hydrogens (tertiary/aromatic N) is 2. The fourth-order valence-electron chi connectivity index (χ4n) is 1.50. The van der Waals surface area contributed by atoms with Gasteiger partial charge in [0.2, 0.25) is 0 Å². The van der Waals surface area contributed by atoms with Gasteiger partial charge in [0.25, 0.3) is 0 Å². The van der Waals surface area contributed by atoms with Crippen LogP contribution in [0.3, 0.4) is 0 Å². The Morgan fingerprint density at radius 3 is 2.94 bits per heavy atom. The van der Waals surface area contributed by atoms with Crippen LogP contribution in [0.25, 0.3) is 11.4 Å². The van der Waals surface area contributed by atoms with Gasteiger partial charge < -0.3 is 5.73 Å². The summed E-state index contributed by atoms with van der Waals surface area (Å²) in [6, 6.07) is 5.31. The molecule has 2 rings (SSSR count). The van der Waals surface area contributed by atoms with Crippen molar-refractivity contribution in [1.29, 1.82) is 0 Å². The highest BCUT2D eigenvalue weighted by atomic mass is 35.5. The van der Waals surface area contributed by atoms with Crippen LogP contribution in [0.5, 0.6) is 0 Å². The molecule has 0 aliphatic rings. The molecule has 1 aromatic heterocycles. The van der Waals surface area contributed by atoms with Gasteiger partial charge in [-0.15, -0.1) is 0 Å². The van der Waals surface area contributed by atoms with Crippen molar-refractivity contribution in [2.45, 2.75) is 19.8 Å². The van der Waals surface area contributed by atoms with E-state index in [1.54, 1.807) is 12.1 Å². The number of aromatic nitrogens is 3. The molecule has 4 nitrogen and oxygen atoms in total. The molecule has 2 aromatic rings. The number of nitrogens with two attached hydrogens (primary N) is 1. The van der Waals surface area contributed by atoms with E-state index in [2.05, 4.69) is 22.1 Å². The van der Waals surface area contributed by atoms with E-state index >= 15 is 0 Å². The fraction of sp³-hybridized carbons (Fsp3) is 0.273. The Kier molecular flexibility index (Phi) is 3.10. The van der Waals surface area contributed by atoms with Crippen LogP contribution in [-0.4, -0.2) is 15.2 Å². The van der Waals surface area contributed by atoms with Crippen molar-refractivity contribution < 1.29 is 0 Å². The van der Waals surface area contributed by atoms with E-state index in [4.69, 9.17) is 17.3 Å². The number of halogens is 1. The smallest absolute Gasteiger partial charge is 0.183 e. The maximum absolute atomic E-state index is 5.86. The minimum atomic E-state index is 0.592. The molecule has 0 amide bonds. The monoisotopic (exact) mass is 236 g/mol. The van der Waals surface area contributed by atoms with Crippen LogP contribution in [0.1, 0.15) is 19.2 Å². The first-order valence-corrected chi connectivity index (χ1v) is 5.55. The first-order chi connectivity index (χ1) is 7.70. The highest BCUT2D eigenvalue weighted by Gasteiger charge is 2.08. The number of hydrogen-bond acceptors (Lipinski definition) is 3. The summed E-state index contributed by atoms with van der Waals surface area (Å²) in [5.74, 6) is 1.50. The third kappa shape index (κ3) is 2.17. The summed E-state index contributed by atoms with van der Waals surface area (Å²) in [6.07, 6.45) is 1.92. The van der Waals surface area contributed by atoms with Crippen LogP contribution in [0.2, 0.25) is 5.02 Å². The Morgan fingerprint density at radius 2 is 2.25 bits per heavy atom. The Balaban J connectivity index is 2.35. The molecule has 0 aliphatic heterocycles. The standard InChI is InChI=1S/C11H13ClN4/c1-2-3-10-14-11(16-15-10)8-5-4-7(12)6-9(8)13/h4-6H,2-3,13H2,1H3,(H,14,15,16). The largest absolute Gasteiger partial charge is 0.398 e. The number of H-pyrrole nitrogens is 1. The lowest BCUT2D eigenvalue weighted by Gasteiger charge is -2.00. The summed E-state index contributed by atoms with van der Waals surface area (Å²) in [7, 11) is 0. The quantitative estimate of drug-likeness (QED) is 0.805. The van der Waals surface area contributed by atoms with E-state index in [9.17, 15) is 0 Å². The first kappa shape index (κ1) is 11.0. The summed E-state index contributed by atoms with van der Waals surface area (Å²) in [5, 5.41) is 7.65. The lowest BCUT2D eigenvalue weighted by molar-refractivity contribution is 0.841. The van der Waals surface area contributed by atoms with Crippen molar-refractivity contribution in [2.24, 2.45) is 0 Å². The zero-order valence-corrected chi connectivity index (χ0v) is 9.75. The van der Waals surface area contributed by atoms with E-state index in [1.807, 2.05) is 6.07 Å². The van der Waals surface area contributed by atoms with Crippen LogP contribution in [0, 0.1) is 0 Å². The van der Waals surface area contributed by atoms with Crippen LogP contribution < -0.4 is 5.73 Å². The second-order valence-electron chi connectivity index (χ2n) is 3.59. The number of rotatable bonds is 3. The van der Waals surface area contributed by atoms with E-state index in [0.717, 1.165) is 24.2 Å². The van der Waals surface area contributed by atoms with Crippen LogP contribution >= 0.6 is 11.6 Å². The minimum Gasteiger partial charge on any atom is -0.398 e. The molecule has 0 spiro atoms. The van der Waals surface area contributed by atoms with Gasteiger partial charge in [-0.2, -0.15) is 5.10 Å². The lowest BCUT2D eigenvalue weighted by Crippen LogP contribution is -1.91. The molecular weight excluding hydrogens is 224 g/mol. The summed E-state index contributed by atoms with van der Waals surface area (Å²) in [6.45, 7) is 2.10. The van der Waals surface area contributed by atoms with Crippen molar-refractivity contribution >= 4 is 17.3 Å². The molecule has 0 saturated carbocycles. The molecule has 0 fully saturated rings. The van der Waals surface area contributed by atoms with Gasteiger partial charge in [-0.1, -0.05) is 18.5 Å². The molecule has 1 aromatic carbocycles. The van der Waals surface area contributed by atoms with E-state index in [1.165, 1.54) is 0 Å². The van der Waals surface area contributed by atoms with Gasteiger partial charge in [-0.3, -0.25) is 5.10 Å². The number of nitrogen functional groups attached to an aromatic ring is 1. The third-order valence-electron chi connectivity index (χ3n) is 2.27. The van der Waals surface area contributed by atoms with Gasteiger partial charge >= 0.3 is 0 Å². The van der Waals surface area contributed by atoms with E-state index in [0.29, 0.717) is 16.5 Å². The Bertz CT molecular complexity index is 492. The second kappa shape index (κ2) is 4.53. The second-order valence-corrected chi connectivity index (χ2v) is 4.02. The number of benzene rings is 1. The van der Waals surface area contributed by atoms with Crippen molar-refractivity contribution in [3.8, 4) is 11.4 Å². The Labute approximate surface area is 98.8 Å². The van der Waals surface area contributed by atoms with Crippen LogP contribution in [0.4, 0.5) is 5.69 Å². The number of anilines is 1. The average molecular weight is 237 g/mol. The van der Waals surface area contributed by atoms with E-state index in [-0.39, 0.29) is 0 Å². The lowest BCUT2D eigenvalue weighted by atomic mass is 10.2. The number of nitrogens with one attached hydrogen (secondary N) is 1. The zero-order valence-electron chi connectivity index (χ0n) is 9.00. The first-order valence-electron chi connectivity index (χ1n) is 5.17. The molecule has 1 heterocycles. The topological polar surface area (TPSA) is 67.6 Å². The van der Waals surface area contributed by atoms with Gasteiger partial charge in [0.15, 0.2) is 5.82 Å². The summed E-state index contributed by atoms with van der Waals surface area (Å²) in [5.41, 5.74) is 7.26. The zero-order chi connectivity index (χ0) is 11.5. The van der Waals surface area contributed by atoms with Crippen LogP contribution in [0.15, 0.2) is 18.2 Å². The van der Waals surface area contributed by atoms with Crippen LogP contribution in [-0.2, 0) is 6.42 Å². The Hall–Kier alpha value is -1.55. The summed E-state index contributed by atoms with van der Waals surface area (Å²) >= 11 is 5.83. The molecule has 0 radical (unpaired) electrons. The van der Waals surface area contributed by atoms with Gasteiger partial charge in [0.05, 0.1) is 0 Å². The number of aryl methyl sites for hydroxylation is 1. The highest BCUT2D eigenvalue weighted by Crippen LogP contribution is 2.25. The molecular formula is C11H13ClN4. The van der Waals surface area contributed by atoms with Gasteiger partial charge in [-0.05, 0) is 24.6 Å². The predicted octanol–water partition coefficient (Wildman–Crippen LogP) is 2.66. The molecule has 84 valence electrons. The molecule has 0 aliphatic carbocycles. The number of hydrogen-bond donors (Lipinski definition) is 2. The molecule has 5 heteroatoms. The maximum atomic E-state index is 5.86. The fourth-order valence-corrected chi connectivity index (χ4v) is 1.68. The highest BCUT2D eigenvalue weighted by molar-refractivity contribution is 6.31. The average Bonchev–Trinajstić information content (AvgIpc) is 2.67. The number of aromatic amines is 1. The SMILES string of the molecule is CCCc1nc(-c2ccc(Cl)cc2N)n[nH]1. The molecule has 3 N–H and O–H groups in total. The Morgan fingerprint density at radius 1 is 1.44 bits per heavy atom. The van der Waals surface area contributed by atoms with Crippen molar-refractivity contribution in [3.63, 3.8) is 0 Å². The summed E-state index contributed by atoms with van der Waals surface area (Å²) in [4.78, 5) is 4.37. The molecule has 0 bridgehead atoms. The molecule has 0 atom stereocenters. The van der Waals surface area contributed by atoms with Gasteiger partial charge in [0, 0.05) is 22.7 Å². The summed E-state index contributed by atoms with van der Waals surface area (Å²) < 4.78 is 0. The maximum Gasteiger partial charge on any atom is 0.183 e. The molecule has 16 heavy (non-hydrogen) atoms. The minimum absolute atomic E-state index is 0.592. The van der Waals surface area contributed by atoms with Crippen molar-refractivity contribution in [2.75, 3.05) is 5.73 Å². The van der Waals surface area contributed by atoms with Gasteiger partial charge in [-0.25, -0.2) is 4.98 Å². The third-order valence-corrected chi connectivity index (χ3v) is 2.51. The molecule has 0 saturated heterocycles. The molecule has 0 unspecified atom stereocenters. The predicted molar refractivity (Wildman–Crippen MR) is 65.2 cm³/mol. The van der Waals surface area contributed by atoms with Crippen molar-refractivity contribution in [1.82, 2.24) is 15.2 Å². The van der Waals surface area contributed by atoms with Gasteiger partial charge in [0.1, 0.15) is 5.82 Å². The van der Waals surface area contributed by atoms with E-state index < -0.39 is 0 Å². The van der Waals surface area contributed by atoms with Crippen molar-refractivity contribution in [3.05, 3.63) is 29.0 Å².